The zero-order valence-corrected chi connectivity index (χ0v) is 9.79. The quantitative estimate of drug-likeness (QED) is 0.639. The average Bonchev–Trinajstić information content (AvgIpc) is 2.30. The van der Waals surface area contributed by atoms with Crippen molar-refractivity contribution >= 4 is 12.6 Å². The first-order chi connectivity index (χ1) is 7.70. The second kappa shape index (κ2) is 4.21. The van der Waals surface area contributed by atoms with Crippen molar-refractivity contribution in [3.63, 3.8) is 0 Å². The fourth-order valence-corrected chi connectivity index (χ4v) is 2.50. The van der Waals surface area contributed by atoms with E-state index in [2.05, 4.69) is 24.8 Å². The molecule has 1 unspecified atom stereocenters. The first kappa shape index (κ1) is 11.1. The highest BCUT2D eigenvalue weighted by Gasteiger charge is 2.32. The van der Waals surface area contributed by atoms with Gasteiger partial charge in [0.05, 0.1) is 47.4 Å². The lowest BCUT2D eigenvalue weighted by Gasteiger charge is -2.38. The Labute approximate surface area is 99.8 Å². The van der Waals surface area contributed by atoms with Gasteiger partial charge in [-0.3, -0.25) is 0 Å². The van der Waals surface area contributed by atoms with Crippen LogP contribution in [-0.2, 0) is 4.74 Å². The Kier molecular flexibility index (Phi) is 2.91. The molecule has 2 aliphatic rings. The highest BCUT2D eigenvalue weighted by Crippen LogP contribution is 2.34. The van der Waals surface area contributed by atoms with Gasteiger partial charge in [-0.05, 0) is 6.92 Å². The molecule has 82 valence electrons. The van der Waals surface area contributed by atoms with Crippen molar-refractivity contribution in [1.29, 1.82) is 10.5 Å². The number of allylic oxidation sites excluding steroid dienone is 1. The van der Waals surface area contributed by atoms with E-state index in [9.17, 15) is 0 Å². The lowest BCUT2D eigenvalue weighted by molar-refractivity contribution is 0.0843. The number of hydrogen-bond donors (Lipinski definition) is 1. The maximum atomic E-state index is 9.13. The van der Waals surface area contributed by atoms with Gasteiger partial charge < -0.3 is 9.64 Å². The summed E-state index contributed by atoms with van der Waals surface area (Å²) in [6.07, 6.45) is 0. The van der Waals surface area contributed by atoms with E-state index in [1.807, 2.05) is 11.8 Å². The van der Waals surface area contributed by atoms with Gasteiger partial charge in [-0.2, -0.15) is 23.2 Å². The van der Waals surface area contributed by atoms with E-state index in [1.54, 1.807) is 0 Å². The Balaban J connectivity index is 2.53. The Morgan fingerprint density at radius 1 is 1.38 bits per heavy atom. The molecule has 16 heavy (non-hydrogen) atoms. The topological polar surface area (TPSA) is 60.1 Å². The minimum Gasteiger partial charge on any atom is -0.373 e. The summed E-state index contributed by atoms with van der Waals surface area (Å²) in [6, 6.07) is 4.27. The molecule has 2 rings (SSSR count). The number of rotatable bonds is 0. The molecule has 0 amide bonds. The second-order valence-corrected chi connectivity index (χ2v) is 4.21. The van der Waals surface area contributed by atoms with E-state index in [0.29, 0.717) is 30.9 Å². The molecule has 4 nitrogen and oxygen atoms in total. The third-order valence-corrected chi connectivity index (χ3v) is 3.43. The van der Waals surface area contributed by atoms with E-state index < -0.39 is 5.25 Å². The number of hydrogen-bond acceptors (Lipinski definition) is 5. The molecule has 1 saturated heterocycles. The van der Waals surface area contributed by atoms with Crippen molar-refractivity contribution in [2.24, 2.45) is 0 Å². The molecule has 0 saturated carbocycles. The first-order valence-electron chi connectivity index (χ1n) is 4.98. The van der Waals surface area contributed by atoms with Gasteiger partial charge in [0.15, 0.2) is 0 Å². The molecular formula is C11H11N3OS. The standard InChI is InChI=1S/C11H11N3OS/c1-7-8(4-12)11(16)9(5-13)10-6-15-3-2-14(7)10/h11,16H,2-3,6H2,1H3. The number of ether oxygens (including phenoxy) is 1. The van der Waals surface area contributed by atoms with Crippen LogP contribution in [0.25, 0.3) is 0 Å². The summed E-state index contributed by atoms with van der Waals surface area (Å²) in [5, 5.41) is 17.8. The van der Waals surface area contributed by atoms with Crippen molar-refractivity contribution in [1.82, 2.24) is 4.90 Å². The SMILES string of the molecule is CC1=C(C#N)C(S)C(C#N)=C2COCCN12. The van der Waals surface area contributed by atoms with E-state index >= 15 is 0 Å². The Bertz CT molecular complexity index is 467. The molecule has 1 atom stereocenters. The normalized spacial score (nSPS) is 25.0. The van der Waals surface area contributed by atoms with Crippen molar-refractivity contribution in [2.75, 3.05) is 19.8 Å². The highest BCUT2D eigenvalue weighted by molar-refractivity contribution is 7.81. The molecule has 0 radical (unpaired) electrons. The number of nitriles is 2. The van der Waals surface area contributed by atoms with Crippen molar-refractivity contribution in [3.05, 3.63) is 22.5 Å². The smallest absolute Gasteiger partial charge is 0.0982 e. The molecule has 5 heteroatoms. The van der Waals surface area contributed by atoms with Gasteiger partial charge in [-0.25, -0.2) is 0 Å². The largest absolute Gasteiger partial charge is 0.373 e. The zero-order chi connectivity index (χ0) is 11.7. The second-order valence-electron chi connectivity index (χ2n) is 3.69. The number of morpholine rings is 1. The molecular weight excluding hydrogens is 222 g/mol. The van der Waals surface area contributed by atoms with Crippen LogP contribution in [0.3, 0.4) is 0 Å². The molecule has 1 fully saturated rings. The van der Waals surface area contributed by atoms with E-state index in [1.165, 1.54) is 0 Å². The van der Waals surface area contributed by atoms with Gasteiger partial charge in [0.2, 0.25) is 0 Å². The fraction of sp³-hybridized carbons (Fsp3) is 0.455. The van der Waals surface area contributed by atoms with Crippen LogP contribution in [0, 0.1) is 22.7 Å². The van der Waals surface area contributed by atoms with Gasteiger partial charge >= 0.3 is 0 Å². The van der Waals surface area contributed by atoms with Crippen LogP contribution >= 0.6 is 12.6 Å². The number of nitrogens with zero attached hydrogens (tertiary/aromatic N) is 3. The number of thiol groups is 1. The Morgan fingerprint density at radius 3 is 2.69 bits per heavy atom. The molecule has 0 bridgehead atoms. The first-order valence-corrected chi connectivity index (χ1v) is 5.49. The van der Waals surface area contributed by atoms with Crippen LogP contribution in [0.2, 0.25) is 0 Å². The van der Waals surface area contributed by atoms with E-state index in [4.69, 9.17) is 15.3 Å². The highest BCUT2D eigenvalue weighted by atomic mass is 32.1. The summed E-state index contributed by atoms with van der Waals surface area (Å²) < 4.78 is 5.35. The monoisotopic (exact) mass is 233 g/mol. The third-order valence-electron chi connectivity index (χ3n) is 2.92. The summed E-state index contributed by atoms with van der Waals surface area (Å²) in [6.45, 7) is 3.63. The summed E-state index contributed by atoms with van der Waals surface area (Å²) in [7, 11) is 0. The molecule has 0 aromatic rings. The molecule has 2 heterocycles. The van der Waals surface area contributed by atoms with Crippen LogP contribution in [0.15, 0.2) is 22.5 Å². The molecule has 0 aromatic heterocycles. The molecule has 0 spiro atoms. The molecule has 0 aromatic carbocycles. The van der Waals surface area contributed by atoms with Crippen LogP contribution in [-0.4, -0.2) is 29.9 Å². The van der Waals surface area contributed by atoms with Crippen LogP contribution < -0.4 is 0 Å². The van der Waals surface area contributed by atoms with Gasteiger partial charge in [-0.1, -0.05) is 0 Å². The van der Waals surface area contributed by atoms with Crippen molar-refractivity contribution in [2.45, 2.75) is 12.2 Å². The van der Waals surface area contributed by atoms with Gasteiger partial charge in [0.25, 0.3) is 0 Å². The predicted octanol–water partition coefficient (Wildman–Crippen LogP) is 1.21. The minimum absolute atomic E-state index is 0.414. The zero-order valence-electron chi connectivity index (χ0n) is 8.90. The summed E-state index contributed by atoms with van der Waals surface area (Å²) >= 11 is 4.34. The summed E-state index contributed by atoms with van der Waals surface area (Å²) in [5.74, 6) is 0. The lowest BCUT2D eigenvalue weighted by atomic mass is 9.96. The Morgan fingerprint density at radius 2 is 2.06 bits per heavy atom. The van der Waals surface area contributed by atoms with Gasteiger partial charge in [0, 0.05) is 12.2 Å². The lowest BCUT2D eigenvalue weighted by Crippen LogP contribution is -2.39. The summed E-state index contributed by atoms with van der Waals surface area (Å²) in [5.41, 5.74) is 2.83. The number of fused-ring (bicyclic) bond motifs is 1. The van der Waals surface area contributed by atoms with Crippen molar-refractivity contribution < 1.29 is 4.74 Å². The van der Waals surface area contributed by atoms with Crippen LogP contribution in [0.1, 0.15) is 6.92 Å². The summed E-state index contributed by atoms with van der Waals surface area (Å²) in [4.78, 5) is 1.99. The average molecular weight is 233 g/mol. The molecule has 0 aliphatic carbocycles. The third kappa shape index (κ3) is 1.49. The van der Waals surface area contributed by atoms with E-state index in [0.717, 1.165) is 11.4 Å². The Hall–Kier alpha value is -1.43. The van der Waals surface area contributed by atoms with Crippen LogP contribution in [0.4, 0.5) is 0 Å². The minimum atomic E-state index is -0.414. The maximum absolute atomic E-state index is 9.13. The predicted molar refractivity (Wildman–Crippen MR) is 61.3 cm³/mol. The fourth-order valence-electron chi connectivity index (χ4n) is 2.04. The van der Waals surface area contributed by atoms with Crippen LogP contribution in [0.5, 0.6) is 0 Å². The van der Waals surface area contributed by atoms with Gasteiger partial charge in [0.1, 0.15) is 0 Å². The molecule has 0 N–H and O–H groups in total. The van der Waals surface area contributed by atoms with Gasteiger partial charge in [-0.15, -0.1) is 0 Å². The maximum Gasteiger partial charge on any atom is 0.0982 e. The van der Waals surface area contributed by atoms with Crippen molar-refractivity contribution in [3.8, 4) is 12.1 Å². The molecule has 2 aliphatic heterocycles. The van der Waals surface area contributed by atoms with E-state index in [-0.39, 0.29) is 0 Å².